The number of carbonyl (C=O) groups is 1. The van der Waals surface area contributed by atoms with Gasteiger partial charge in [0.15, 0.2) is 0 Å². The number of H-pyrrole nitrogens is 1. The molecule has 1 aromatic heterocycles. The quantitative estimate of drug-likeness (QED) is 0.751. The molecule has 0 aliphatic carbocycles. The second-order valence-electron chi connectivity index (χ2n) is 4.90. The highest BCUT2D eigenvalue weighted by atomic mass is 16.1. The molecule has 4 N–H and O–H groups in total. The first-order valence-electron chi connectivity index (χ1n) is 6.16. The number of carbonyl (C=O) groups excluding carboxylic acids is 1. The van der Waals surface area contributed by atoms with Gasteiger partial charge in [-0.3, -0.25) is 4.79 Å². The Hall–Kier alpha value is -1.81. The van der Waals surface area contributed by atoms with Crippen molar-refractivity contribution in [2.24, 2.45) is 11.7 Å². The SMILES string of the molecule is CC(C)C(NCc1ccc2[nH]ccc2c1)C(N)=O. The van der Waals surface area contributed by atoms with E-state index in [1.807, 2.05) is 38.2 Å². The van der Waals surface area contributed by atoms with Crippen LogP contribution in [-0.4, -0.2) is 16.9 Å². The molecule has 0 saturated heterocycles. The molecule has 1 aromatic carbocycles. The standard InChI is InChI=1S/C14H19N3O/c1-9(2)13(14(15)18)17-8-10-3-4-12-11(7-10)5-6-16-12/h3-7,9,13,16-17H,8H2,1-2H3,(H2,15,18). The maximum Gasteiger partial charge on any atom is 0.234 e. The third kappa shape index (κ3) is 2.71. The van der Waals surface area contributed by atoms with Crippen molar-refractivity contribution in [2.45, 2.75) is 26.4 Å². The number of aromatic amines is 1. The lowest BCUT2D eigenvalue weighted by atomic mass is 10.0. The minimum absolute atomic E-state index is 0.193. The summed E-state index contributed by atoms with van der Waals surface area (Å²) in [5.74, 6) is -0.105. The Morgan fingerprint density at radius 2 is 2.17 bits per heavy atom. The highest BCUT2D eigenvalue weighted by Crippen LogP contribution is 2.14. The fourth-order valence-corrected chi connectivity index (χ4v) is 2.11. The second-order valence-corrected chi connectivity index (χ2v) is 4.90. The Kier molecular flexibility index (Phi) is 3.67. The zero-order valence-electron chi connectivity index (χ0n) is 10.7. The molecule has 0 radical (unpaired) electrons. The average Bonchev–Trinajstić information content (AvgIpc) is 2.75. The van der Waals surface area contributed by atoms with Crippen LogP contribution in [0.4, 0.5) is 0 Å². The molecule has 4 heteroatoms. The number of fused-ring (bicyclic) bond motifs is 1. The largest absolute Gasteiger partial charge is 0.368 e. The molecule has 0 fully saturated rings. The molecule has 0 aliphatic heterocycles. The van der Waals surface area contributed by atoms with Gasteiger partial charge in [-0.15, -0.1) is 0 Å². The molecule has 2 aromatic rings. The normalized spacial score (nSPS) is 13.1. The molecule has 0 spiro atoms. The van der Waals surface area contributed by atoms with Crippen LogP contribution in [0.25, 0.3) is 10.9 Å². The van der Waals surface area contributed by atoms with Gasteiger partial charge in [0.05, 0.1) is 6.04 Å². The summed E-state index contributed by atoms with van der Waals surface area (Å²) in [5.41, 5.74) is 7.64. The van der Waals surface area contributed by atoms with Crippen LogP contribution in [-0.2, 0) is 11.3 Å². The van der Waals surface area contributed by atoms with Gasteiger partial charge < -0.3 is 16.0 Å². The maximum absolute atomic E-state index is 11.3. The molecule has 2 rings (SSSR count). The van der Waals surface area contributed by atoms with Gasteiger partial charge >= 0.3 is 0 Å². The van der Waals surface area contributed by atoms with Gasteiger partial charge in [-0.25, -0.2) is 0 Å². The molecule has 0 saturated carbocycles. The monoisotopic (exact) mass is 245 g/mol. The predicted molar refractivity (Wildman–Crippen MR) is 73.0 cm³/mol. The molecule has 0 bridgehead atoms. The van der Waals surface area contributed by atoms with Crippen LogP contribution >= 0.6 is 0 Å². The van der Waals surface area contributed by atoms with Crippen LogP contribution in [0.5, 0.6) is 0 Å². The van der Waals surface area contributed by atoms with E-state index in [1.54, 1.807) is 0 Å². The van der Waals surface area contributed by atoms with E-state index in [4.69, 9.17) is 5.73 Å². The van der Waals surface area contributed by atoms with Crippen molar-refractivity contribution in [3.05, 3.63) is 36.0 Å². The van der Waals surface area contributed by atoms with Gasteiger partial charge in [0.1, 0.15) is 0 Å². The van der Waals surface area contributed by atoms with Gasteiger partial charge in [-0.2, -0.15) is 0 Å². The third-order valence-electron chi connectivity index (χ3n) is 3.12. The zero-order valence-corrected chi connectivity index (χ0v) is 10.7. The summed E-state index contributed by atoms with van der Waals surface area (Å²) in [6, 6.07) is 7.95. The van der Waals surface area contributed by atoms with Crippen LogP contribution in [0, 0.1) is 5.92 Å². The van der Waals surface area contributed by atoms with Crippen molar-refractivity contribution >= 4 is 16.8 Å². The summed E-state index contributed by atoms with van der Waals surface area (Å²) in [6.07, 6.45) is 1.92. The first-order chi connectivity index (χ1) is 8.58. The van der Waals surface area contributed by atoms with Crippen LogP contribution in [0.2, 0.25) is 0 Å². The molecule has 0 aliphatic rings. The van der Waals surface area contributed by atoms with E-state index < -0.39 is 0 Å². The first kappa shape index (κ1) is 12.6. The molecule has 4 nitrogen and oxygen atoms in total. The van der Waals surface area contributed by atoms with Crippen molar-refractivity contribution in [1.82, 2.24) is 10.3 Å². The lowest BCUT2D eigenvalue weighted by molar-refractivity contribution is -0.121. The van der Waals surface area contributed by atoms with Crippen LogP contribution in [0.1, 0.15) is 19.4 Å². The van der Waals surface area contributed by atoms with Gasteiger partial charge in [0.2, 0.25) is 5.91 Å². The fourth-order valence-electron chi connectivity index (χ4n) is 2.11. The Labute approximate surface area is 107 Å². The van der Waals surface area contributed by atoms with Crippen LogP contribution in [0.15, 0.2) is 30.5 Å². The number of aromatic nitrogens is 1. The molecular formula is C14H19N3O. The van der Waals surface area contributed by atoms with Crippen molar-refractivity contribution in [3.8, 4) is 0 Å². The average molecular weight is 245 g/mol. The number of nitrogens with one attached hydrogen (secondary N) is 2. The number of benzene rings is 1. The summed E-state index contributed by atoms with van der Waals surface area (Å²) in [6.45, 7) is 4.61. The predicted octanol–water partition coefficient (Wildman–Crippen LogP) is 1.77. The van der Waals surface area contributed by atoms with Crippen molar-refractivity contribution in [2.75, 3.05) is 0 Å². The highest BCUT2D eigenvalue weighted by Gasteiger charge is 2.18. The first-order valence-corrected chi connectivity index (χ1v) is 6.16. The number of primary amides is 1. The Morgan fingerprint density at radius 1 is 1.39 bits per heavy atom. The van der Waals surface area contributed by atoms with Gasteiger partial charge in [-0.1, -0.05) is 19.9 Å². The smallest absolute Gasteiger partial charge is 0.234 e. The lowest BCUT2D eigenvalue weighted by Gasteiger charge is -2.18. The van der Waals surface area contributed by atoms with Crippen molar-refractivity contribution in [1.29, 1.82) is 0 Å². The topological polar surface area (TPSA) is 70.9 Å². The number of amides is 1. The van der Waals surface area contributed by atoms with E-state index in [-0.39, 0.29) is 17.9 Å². The van der Waals surface area contributed by atoms with Crippen molar-refractivity contribution in [3.63, 3.8) is 0 Å². The minimum Gasteiger partial charge on any atom is -0.368 e. The highest BCUT2D eigenvalue weighted by molar-refractivity contribution is 5.81. The summed E-state index contributed by atoms with van der Waals surface area (Å²) in [4.78, 5) is 14.4. The molecule has 18 heavy (non-hydrogen) atoms. The molecule has 1 unspecified atom stereocenters. The van der Waals surface area contributed by atoms with Gasteiger partial charge in [0.25, 0.3) is 0 Å². The molecule has 1 atom stereocenters. The number of rotatable bonds is 5. The van der Waals surface area contributed by atoms with E-state index in [9.17, 15) is 4.79 Å². The summed E-state index contributed by atoms with van der Waals surface area (Å²) < 4.78 is 0. The fraction of sp³-hybridized carbons (Fsp3) is 0.357. The summed E-state index contributed by atoms with van der Waals surface area (Å²) in [7, 11) is 0. The lowest BCUT2D eigenvalue weighted by Crippen LogP contribution is -2.44. The Bertz CT molecular complexity index is 545. The number of hydrogen-bond acceptors (Lipinski definition) is 2. The third-order valence-corrected chi connectivity index (χ3v) is 3.12. The Balaban J connectivity index is 2.06. The summed E-state index contributed by atoms with van der Waals surface area (Å²) in [5, 5.41) is 4.38. The Morgan fingerprint density at radius 3 is 2.83 bits per heavy atom. The molecule has 1 amide bonds. The van der Waals surface area contributed by atoms with E-state index in [2.05, 4.69) is 16.4 Å². The number of nitrogens with two attached hydrogens (primary N) is 1. The van der Waals surface area contributed by atoms with Gasteiger partial charge in [0, 0.05) is 18.3 Å². The zero-order chi connectivity index (χ0) is 13.1. The molecule has 1 heterocycles. The minimum atomic E-state index is -0.298. The van der Waals surface area contributed by atoms with Gasteiger partial charge in [-0.05, 0) is 35.1 Å². The number of hydrogen-bond donors (Lipinski definition) is 3. The van der Waals surface area contributed by atoms with E-state index in [0.717, 1.165) is 11.1 Å². The van der Waals surface area contributed by atoms with Crippen LogP contribution in [0.3, 0.4) is 0 Å². The van der Waals surface area contributed by atoms with E-state index in [0.29, 0.717) is 6.54 Å². The second kappa shape index (κ2) is 5.23. The van der Waals surface area contributed by atoms with E-state index >= 15 is 0 Å². The summed E-state index contributed by atoms with van der Waals surface area (Å²) >= 11 is 0. The molecule has 96 valence electrons. The van der Waals surface area contributed by atoms with Crippen molar-refractivity contribution < 1.29 is 4.79 Å². The van der Waals surface area contributed by atoms with Crippen LogP contribution < -0.4 is 11.1 Å². The van der Waals surface area contributed by atoms with E-state index in [1.165, 1.54) is 5.39 Å². The molecular weight excluding hydrogens is 226 g/mol. The maximum atomic E-state index is 11.3.